The summed E-state index contributed by atoms with van der Waals surface area (Å²) in [6.45, 7) is 3.55. The standard InChI is InChI=1S/C15H24N2O3S/c1-15(18)9-4-11-17(12-10-15)13-5-7-14(8-6-13)21(19,20)16(2)3/h5-8,18H,4,9-12H2,1-3H3. The molecule has 1 N–H and O–H groups in total. The molecule has 1 aliphatic rings. The molecule has 0 saturated carbocycles. The van der Waals surface area contributed by atoms with Crippen molar-refractivity contribution < 1.29 is 13.5 Å². The van der Waals surface area contributed by atoms with E-state index >= 15 is 0 Å². The Bertz CT molecular complexity index is 579. The van der Waals surface area contributed by atoms with Gasteiger partial charge in [-0.15, -0.1) is 0 Å². The average Bonchev–Trinajstić information content (AvgIpc) is 2.60. The number of hydrogen-bond donors (Lipinski definition) is 1. The highest BCUT2D eigenvalue weighted by Crippen LogP contribution is 2.26. The summed E-state index contributed by atoms with van der Waals surface area (Å²) < 4.78 is 25.3. The van der Waals surface area contributed by atoms with Gasteiger partial charge in [-0.3, -0.25) is 0 Å². The van der Waals surface area contributed by atoms with E-state index in [2.05, 4.69) is 4.90 Å². The van der Waals surface area contributed by atoms with Crippen molar-refractivity contribution in [2.24, 2.45) is 0 Å². The Labute approximate surface area is 127 Å². The van der Waals surface area contributed by atoms with Crippen LogP contribution in [0.3, 0.4) is 0 Å². The molecule has 118 valence electrons. The smallest absolute Gasteiger partial charge is 0.242 e. The molecule has 1 unspecified atom stereocenters. The molecule has 1 heterocycles. The first-order valence-electron chi connectivity index (χ1n) is 7.22. The maximum absolute atomic E-state index is 12.0. The van der Waals surface area contributed by atoms with Crippen LogP contribution in [-0.4, -0.2) is 50.6 Å². The third-order valence-electron chi connectivity index (χ3n) is 4.04. The van der Waals surface area contributed by atoms with E-state index in [4.69, 9.17) is 0 Å². The number of hydrogen-bond acceptors (Lipinski definition) is 4. The molecule has 1 aromatic carbocycles. The fraction of sp³-hybridized carbons (Fsp3) is 0.600. The second-order valence-corrected chi connectivity index (χ2v) is 8.27. The van der Waals surface area contributed by atoms with Crippen molar-refractivity contribution in [3.8, 4) is 0 Å². The number of anilines is 1. The Morgan fingerprint density at radius 2 is 1.76 bits per heavy atom. The highest BCUT2D eigenvalue weighted by atomic mass is 32.2. The molecular formula is C15H24N2O3S. The molecule has 1 fully saturated rings. The predicted octanol–water partition coefficient (Wildman–Crippen LogP) is 1.68. The van der Waals surface area contributed by atoms with Crippen LogP contribution in [0, 0.1) is 0 Å². The summed E-state index contributed by atoms with van der Waals surface area (Å²) in [6, 6.07) is 6.98. The van der Waals surface area contributed by atoms with E-state index in [1.165, 1.54) is 18.4 Å². The largest absolute Gasteiger partial charge is 0.390 e. The van der Waals surface area contributed by atoms with Crippen LogP contribution in [0.15, 0.2) is 29.2 Å². The minimum absolute atomic E-state index is 0.304. The molecule has 21 heavy (non-hydrogen) atoms. The zero-order valence-corrected chi connectivity index (χ0v) is 13.7. The maximum atomic E-state index is 12.0. The summed E-state index contributed by atoms with van der Waals surface area (Å²) in [7, 11) is -0.320. The summed E-state index contributed by atoms with van der Waals surface area (Å²) in [5.41, 5.74) is 0.411. The molecule has 1 aliphatic heterocycles. The topological polar surface area (TPSA) is 60.9 Å². The van der Waals surface area contributed by atoms with Gasteiger partial charge in [0.2, 0.25) is 10.0 Å². The Morgan fingerprint density at radius 3 is 2.33 bits per heavy atom. The fourth-order valence-electron chi connectivity index (χ4n) is 2.56. The third kappa shape index (κ3) is 3.75. The summed E-state index contributed by atoms with van der Waals surface area (Å²) >= 11 is 0. The van der Waals surface area contributed by atoms with E-state index in [0.29, 0.717) is 4.90 Å². The van der Waals surface area contributed by atoms with Gasteiger partial charge < -0.3 is 10.0 Å². The van der Waals surface area contributed by atoms with Crippen molar-refractivity contribution >= 4 is 15.7 Å². The third-order valence-corrected chi connectivity index (χ3v) is 5.87. The predicted molar refractivity (Wildman–Crippen MR) is 84.0 cm³/mol. The number of aliphatic hydroxyl groups is 1. The first kappa shape index (κ1) is 16.3. The molecule has 0 spiro atoms. The van der Waals surface area contributed by atoms with Crippen molar-refractivity contribution in [1.82, 2.24) is 4.31 Å². The number of nitrogens with zero attached hydrogens (tertiary/aromatic N) is 2. The first-order chi connectivity index (χ1) is 9.72. The van der Waals surface area contributed by atoms with Crippen LogP contribution in [0.25, 0.3) is 0 Å². The Kier molecular flexibility index (Phi) is 4.60. The summed E-state index contributed by atoms with van der Waals surface area (Å²) in [6.07, 6.45) is 2.46. The van der Waals surface area contributed by atoms with Gasteiger partial charge in [0.15, 0.2) is 0 Å². The molecular weight excluding hydrogens is 288 g/mol. The van der Waals surface area contributed by atoms with Gasteiger partial charge >= 0.3 is 0 Å². The monoisotopic (exact) mass is 312 g/mol. The second kappa shape index (κ2) is 5.94. The molecule has 1 aromatic rings. The molecule has 1 atom stereocenters. The lowest BCUT2D eigenvalue weighted by atomic mass is 9.98. The van der Waals surface area contributed by atoms with E-state index in [1.54, 1.807) is 12.1 Å². The summed E-state index contributed by atoms with van der Waals surface area (Å²) in [4.78, 5) is 2.51. The minimum Gasteiger partial charge on any atom is -0.390 e. The van der Waals surface area contributed by atoms with Gasteiger partial charge in [0.1, 0.15) is 0 Å². The summed E-state index contributed by atoms with van der Waals surface area (Å²) in [5, 5.41) is 10.1. The zero-order valence-electron chi connectivity index (χ0n) is 12.9. The summed E-state index contributed by atoms with van der Waals surface area (Å²) in [5.74, 6) is 0. The molecule has 2 rings (SSSR count). The van der Waals surface area contributed by atoms with Gasteiger partial charge in [-0.05, 0) is 50.5 Å². The highest BCUT2D eigenvalue weighted by molar-refractivity contribution is 7.89. The number of rotatable bonds is 3. The van der Waals surface area contributed by atoms with Crippen LogP contribution in [-0.2, 0) is 10.0 Å². The average molecular weight is 312 g/mol. The van der Waals surface area contributed by atoms with Gasteiger partial charge in [-0.1, -0.05) is 0 Å². The van der Waals surface area contributed by atoms with Gasteiger partial charge in [0.25, 0.3) is 0 Å². The maximum Gasteiger partial charge on any atom is 0.242 e. The van der Waals surface area contributed by atoms with Gasteiger partial charge in [0, 0.05) is 32.9 Å². The van der Waals surface area contributed by atoms with Crippen LogP contribution in [0.1, 0.15) is 26.2 Å². The zero-order chi connectivity index (χ0) is 15.7. The second-order valence-electron chi connectivity index (χ2n) is 6.12. The molecule has 5 nitrogen and oxygen atoms in total. The van der Waals surface area contributed by atoms with Gasteiger partial charge in [0.05, 0.1) is 10.5 Å². The van der Waals surface area contributed by atoms with Crippen LogP contribution in [0.2, 0.25) is 0 Å². The van der Waals surface area contributed by atoms with Gasteiger partial charge in [-0.2, -0.15) is 0 Å². The van der Waals surface area contributed by atoms with E-state index in [-0.39, 0.29) is 0 Å². The quantitative estimate of drug-likeness (QED) is 0.922. The molecule has 0 radical (unpaired) electrons. The lowest BCUT2D eigenvalue weighted by Gasteiger charge is -2.24. The van der Waals surface area contributed by atoms with Crippen molar-refractivity contribution in [2.75, 3.05) is 32.1 Å². The number of sulfonamides is 1. The van der Waals surface area contributed by atoms with E-state index in [0.717, 1.165) is 38.0 Å². The molecule has 6 heteroatoms. The van der Waals surface area contributed by atoms with Crippen molar-refractivity contribution in [3.63, 3.8) is 0 Å². The lowest BCUT2D eigenvalue weighted by molar-refractivity contribution is 0.0481. The van der Waals surface area contributed by atoms with Crippen LogP contribution in [0.5, 0.6) is 0 Å². The van der Waals surface area contributed by atoms with Crippen LogP contribution < -0.4 is 4.90 Å². The highest BCUT2D eigenvalue weighted by Gasteiger charge is 2.25. The Hall–Kier alpha value is -1.11. The number of benzene rings is 1. The fourth-order valence-corrected chi connectivity index (χ4v) is 3.46. The molecule has 0 amide bonds. The normalized spacial score (nSPS) is 24.1. The Balaban J connectivity index is 2.16. The van der Waals surface area contributed by atoms with Gasteiger partial charge in [-0.25, -0.2) is 12.7 Å². The van der Waals surface area contributed by atoms with Crippen LogP contribution >= 0.6 is 0 Å². The van der Waals surface area contributed by atoms with Crippen molar-refractivity contribution in [3.05, 3.63) is 24.3 Å². The molecule has 0 aromatic heterocycles. The van der Waals surface area contributed by atoms with E-state index in [1.807, 2.05) is 19.1 Å². The van der Waals surface area contributed by atoms with Crippen molar-refractivity contribution in [1.29, 1.82) is 0 Å². The molecule has 1 saturated heterocycles. The van der Waals surface area contributed by atoms with E-state index in [9.17, 15) is 13.5 Å². The van der Waals surface area contributed by atoms with Crippen molar-refractivity contribution in [2.45, 2.75) is 36.7 Å². The first-order valence-corrected chi connectivity index (χ1v) is 8.66. The van der Waals surface area contributed by atoms with E-state index < -0.39 is 15.6 Å². The lowest BCUT2D eigenvalue weighted by Crippen LogP contribution is -2.28. The molecule has 0 bridgehead atoms. The molecule has 0 aliphatic carbocycles. The minimum atomic E-state index is -3.38. The van der Waals surface area contributed by atoms with Crippen LogP contribution in [0.4, 0.5) is 5.69 Å². The Morgan fingerprint density at radius 1 is 1.14 bits per heavy atom. The SMILES string of the molecule is CN(C)S(=O)(=O)c1ccc(N2CCCC(C)(O)CC2)cc1.